The molecular formula is Cl2OTh. The molecular weight excluding hydrogens is 319 g/mol. The summed E-state index contributed by atoms with van der Waals surface area (Å²) < 4.78 is 9.28. The molecule has 0 atom stereocenters. The topological polar surface area (TPSA) is 17.1 Å². The van der Waals surface area contributed by atoms with Crippen LogP contribution in [0.25, 0.3) is 0 Å². The van der Waals surface area contributed by atoms with Crippen molar-refractivity contribution in [2.24, 2.45) is 0 Å². The van der Waals surface area contributed by atoms with Crippen molar-refractivity contribution >= 4 is 11.9 Å². The molecule has 0 aliphatic carbocycles. The Bertz CT molecular complexity index is 29.0. The van der Waals surface area contributed by atoms with E-state index in [9.17, 15) is 1.16 Å². The Balaban J connectivity index is 2.80. The summed E-state index contributed by atoms with van der Waals surface area (Å²) >= 11 is -3.03. The third-order valence-corrected chi connectivity index (χ3v) is 0. The van der Waals surface area contributed by atoms with Crippen LogP contribution in [0.5, 0.6) is 0 Å². The van der Waals surface area contributed by atoms with E-state index in [0.29, 0.717) is 0 Å². The molecule has 0 saturated carbocycles. The maximum atomic E-state index is 9.28. The van der Waals surface area contributed by atoms with Gasteiger partial charge in [0.2, 0.25) is 0 Å². The molecule has 4 heavy (non-hydrogen) atoms. The van der Waals surface area contributed by atoms with Crippen LogP contribution in [0.4, 0.5) is 0 Å². The number of hydrogen-bond acceptors (Lipinski definition) is 1. The molecule has 0 saturated heterocycles. The van der Waals surface area contributed by atoms with Crippen molar-refractivity contribution in [3.05, 3.63) is 0 Å². The van der Waals surface area contributed by atoms with Gasteiger partial charge < -0.3 is 0 Å². The fourth-order valence-electron chi connectivity index (χ4n) is 0. The van der Waals surface area contributed by atoms with Crippen LogP contribution in [-0.2, 0) is 1.16 Å². The molecule has 0 unspecified atom stereocenters. The molecule has 0 N–H and O–H groups in total. The molecule has 0 fully saturated rings. The summed E-state index contributed by atoms with van der Waals surface area (Å²) in [4.78, 5) is 0. The molecule has 0 spiro atoms. The van der Waals surface area contributed by atoms with Gasteiger partial charge in [-0.1, -0.05) is 0 Å². The van der Waals surface area contributed by atoms with Crippen LogP contribution in [0.3, 0.4) is 0 Å². The van der Waals surface area contributed by atoms with E-state index in [1.165, 1.54) is 0 Å². The van der Waals surface area contributed by atoms with Gasteiger partial charge in [-0.05, 0) is 0 Å². The molecule has 0 aliphatic rings. The fourth-order valence-corrected chi connectivity index (χ4v) is 0. The summed E-state index contributed by atoms with van der Waals surface area (Å²) in [6, 6.07) is 0. The van der Waals surface area contributed by atoms with Crippen LogP contribution in [0.15, 0.2) is 0 Å². The number of rotatable bonds is 0. The summed E-state index contributed by atoms with van der Waals surface area (Å²) in [6.07, 6.45) is 0. The maximum absolute atomic E-state index is 9.28. The monoisotopic (exact) mass is 318 g/mol. The van der Waals surface area contributed by atoms with Gasteiger partial charge in [-0.2, -0.15) is 0 Å². The van der Waals surface area contributed by atoms with Crippen molar-refractivity contribution in [1.29, 1.82) is 0 Å². The van der Waals surface area contributed by atoms with Gasteiger partial charge >= 0.3 is 44.0 Å². The fraction of sp³-hybridized carbons (Fsp3) is 0. The first kappa shape index (κ1) is 5.70. The van der Waals surface area contributed by atoms with Gasteiger partial charge in [-0.3, -0.25) is 0 Å². The van der Waals surface area contributed by atoms with Gasteiger partial charge in [0.1, 0.15) is 0 Å². The first-order valence-electron chi connectivity index (χ1n) is 0.582. The molecule has 0 heterocycles. The Kier molecular flexibility index (Phi) is 4.16. The molecule has 0 bridgehead atoms. The van der Waals surface area contributed by atoms with Crippen LogP contribution in [0, 0.1) is 30.9 Å². The number of hydrogen-bond donors (Lipinski definition) is 0. The van der Waals surface area contributed by atoms with Crippen molar-refractivity contribution < 1.29 is 32.0 Å². The Labute approximate surface area is 43.1 Å². The summed E-state index contributed by atoms with van der Waals surface area (Å²) in [5.74, 6) is 9.41. The minimum absolute atomic E-state index is 3.03. The van der Waals surface area contributed by atoms with E-state index in [1.54, 1.807) is 0 Å². The van der Waals surface area contributed by atoms with Gasteiger partial charge in [-0.25, -0.2) is 0 Å². The average molecular weight is 319 g/mol. The van der Waals surface area contributed by atoms with Gasteiger partial charge in [-0.15, -0.1) is 0 Å². The zero-order valence-corrected chi connectivity index (χ0v) is 7.29. The zero-order valence-electron chi connectivity index (χ0n) is 1.66. The quantitative estimate of drug-likeness (QED) is 0.657. The molecule has 0 radical (unpaired) electrons. The Morgan fingerprint density at radius 3 is 1.50 bits per heavy atom. The Morgan fingerprint density at radius 1 is 1.50 bits per heavy atom. The van der Waals surface area contributed by atoms with Gasteiger partial charge in [0.25, 0.3) is 0 Å². The standard InChI is InChI=1S/2ClH.O.Th/h2*1H;;/q;;;+2/p-2. The SMILES string of the molecule is [O]=[Th]([Cl])[Cl]. The molecule has 0 aromatic heterocycles. The van der Waals surface area contributed by atoms with E-state index < -0.39 is 30.9 Å². The van der Waals surface area contributed by atoms with Crippen molar-refractivity contribution in [3.63, 3.8) is 0 Å². The van der Waals surface area contributed by atoms with E-state index in [0.717, 1.165) is 0 Å². The third kappa shape index (κ3) is 9.33. The minimum atomic E-state index is -3.03. The first-order chi connectivity index (χ1) is 1.73. The van der Waals surface area contributed by atoms with Crippen molar-refractivity contribution in [2.45, 2.75) is 0 Å². The Morgan fingerprint density at radius 2 is 1.50 bits per heavy atom. The van der Waals surface area contributed by atoms with E-state index in [-0.39, 0.29) is 0 Å². The van der Waals surface area contributed by atoms with E-state index in [4.69, 9.17) is 11.9 Å². The van der Waals surface area contributed by atoms with E-state index in [1.807, 2.05) is 0 Å². The molecule has 0 rings (SSSR count). The predicted molar refractivity (Wildman–Crippen MR) is 12.4 cm³/mol. The molecule has 0 aromatic carbocycles. The van der Waals surface area contributed by atoms with Crippen LogP contribution < -0.4 is 0 Å². The average Bonchev–Trinajstić information content (AvgIpc) is 0.811. The van der Waals surface area contributed by atoms with Gasteiger partial charge in [0.05, 0.1) is 0 Å². The molecule has 0 aromatic rings. The van der Waals surface area contributed by atoms with Gasteiger partial charge in [0.15, 0.2) is 0 Å². The molecule has 0 amide bonds. The number of halogens is 2. The predicted octanol–water partition coefficient (Wildman–Crippen LogP) is 1.26. The zero-order chi connectivity index (χ0) is 3.58. The molecule has 4 heteroatoms. The summed E-state index contributed by atoms with van der Waals surface area (Å²) in [5, 5.41) is 0. The second kappa shape index (κ2) is 2.92. The summed E-state index contributed by atoms with van der Waals surface area (Å²) in [6.45, 7) is 0. The Hall–Kier alpha value is 1.70. The van der Waals surface area contributed by atoms with Crippen molar-refractivity contribution in [2.75, 3.05) is 0 Å². The molecule has 0 aliphatic heterocycles. The second-order valence-electron chi connectivity index (χ2n) is 0.226. The second-order valence-corrected chi connectivity index (χ2v) is 10.2. The van der Waals surface area contributed by atoms with Crippen LogP contribution in [-0.4, -0.2) is 0 Å². The van der Waals surface area contributed by atoms with Crippen molar-refractivity contribution in [3.8, 4) is 0 Å². The normalized spacial score (nSPS) is 6.50. The van der Waals surface area contributed by atoms with Crippen LogP contribution in [0.2, 0.25) is 0 Å². The van der Waals surface area contributed by atoms with Crippen LogP contribution in [0.1, 0.15) is 0 Å². The summed E-state index contributed by atoms with van der Waals surface area (Å²) in [5.41, 5.74) is 0. The van der Waals surface area contributed by atoms with E-state index in [2.05, 4.69) is 0 Å². The van der Waals surface area contributed by atoms with Gasteiger partial charge in [0, 0.05) is 0 Å². The summed E-state index contributed by atoms with van der Waals surface area (Å²) in [7, 11) is 0. The first-order valence-corrected chi connectivity index (χ1v) is 12.3. The molecule has 1 nitrogen and oxygen atoms in total. The van der Waals surface area contributed by atoms with Crippen LogP contribution >= 0.6 is 11.9 Å². The third-order valence-electron chi connectivity index (χ3n) is 0. The molecule has 24 valence electrons. The van der Waals surface area contributed by atoms with E-state index >= 15 is 0 Å². The van der Waals surface area contributed by atoms with Crippen molar-refractivity contribution in [1.82, 2.24) is 0 Å².